The predicted molar refractivity (Wildman–Crippen MR) is 204 cm³/mol. The van der Waals surface area contributed by atoms with Crippen LogP contribution in [0.1, 0.15) is 57.6 Å². The van der Waals surface area contributed by atoms with Crippen LogP contribution in [0.25, 0.3) is 6.08 Å². The summed E-state index contributed by atoms with van der Waals surface area (Å²) >= 11 is 1.49. The van der Waals surface area contributed by atoms with E-state index in [4.69, 9.17) is 17.2 Å². The van der Waals surface area contributed by atoms with Crippen LogP contribution >= 0.6 is 11.8 Å². The highest BCUT2D eigenvalue weighted by atomic mass is 32.2. The van der Waals surface area contributed by atoms with Crippen LogP contribution in [-0.4, -0.2) is 83.6 Å². The smallest absolute Gasteiger partial charge is 0.268 e. The molecule has 0 fully saturated rings. The molecular formula is C37H52N8O7S. The van der Waals surface area contributed by atoms with Gasteiger partial charge in [0, 0.05) is 12.8 Å². The standard InChI is InChI=1S/C37H52N8O7S/c1-22(2)19-28(36(51)42-27(32(40)47)17-18-53-4)43-33(48)23(3)41-35(50)29(20-24-11-7-5-8-12-24)45-37(52)30(21-25-13-9-6-10-14-25)44-34(49)26(38)15-16-31(39)46/h5-14,20,22-23,26-28,30H,15-19,21,38H2,1-4H3,(H2,39,46)(H2,40,47)(H,41,50)(H,42,51)(H,43,48)(H,44,49)(H,45,52)/b29-20+/t23-,26-,27-,28-,30-/m0/s1. The van der Waals surface area contributed by atoms with Gasteiger partial charge in [0.1, 0.15) is 29.9 Å². The molecule has 7 amide bonds. The first-order valence-electron chi connectivity index (χ1n) is 17.3. The van der Waals surface area contributed by atoms with Crippen molar-refractivity contribution < 1.29 is 33.6 Å². The van der Waals surface area contributed by atoms with Crippen molar-refractivity contribution in [1.29, 1.82) is 0 Å². The molecule has 0 heterocycles. The van der Waals surface area contributed by atoms with Crippen LogP contribution in [0.3, 0.4) is 0 Å². The Balaban J connectivity index is 2.31. The van der Waals surface area contributed by atoms with Crippen LogP contribution in [0.5, 0.6) is 0 Å². The Labute approximate surface area is 314 Å². The van der Waals surface area contributed by atoms with Crippen LogP contribution in [0.4, 0.5) is 0 Å². The fourth-order valence-corrected chi connectivity index (χ4v) is 5.47. The fourth-order valence-electron chi connectivity index (χ4n) is 4.99. The molecule has 5 atom stereocenters. The topological polar surface area (TPSA) is 258 Å². The van der Waals surface area contributed by atoms with Crippen LogP contribution in [0.15, 0.2) is 66.4 Å². The second kappa shape index (κ2) is 22.7. The van der Waals surface area contributed by atoms with E-state index in [1.165, 1.54) is 24.8 Å². The van der Waals surface area contributed by atoms with Crippen molar-refractivity contribution in [3.63, 3.8) is 0 Å². The molecule has 288 valence electrons. The summed E-state index contributed by atoms with van der Waals surface area (Å²) in [4.78, 5) is 90.3. The normalized spacial score (nSPS) is 14.1. The van der Waals surface area contributed by atoms with Gasteiger partial charge in [0.15, 0.2) is 0 Å². The third-order valence-corrected chi connectivity index (χ3v) is 8.56. The maximum absolute atomic E-state index is 13.8. The summed E-state index contributed by atoms with van der Waals surface area (Å²) in [5.41, 5.74) is 17.7. The van der Waals surface area contributed by atoms with Crippen molar-refractivity contribution >= 4 is 59.2 Å². The molecule has 0 unspecified atom stereocenters. The molecule has 0 aliphatic carbocycles. The van der Waals surface area contributed by atoms with Gasteiger partial charge in [-0.3, -0.25) is 33.6 Å². The van der Waals surface area contributed by atoms with E-state index in [1.807, 2.05) is 20.1 Å². The number of hydrogen-bond donors (Lipinski definition) is 8. The van der Waals surface area contributed by atoms with Crippen LogP contribution in [0.2, 0.25) is 0 Å². The monoisotopic (exact) mass is 752 g/mol. The van der Waals surface area contributed by atoms with Crippen molar-refractivity contribution in [3.05, 3.63) is 77.5 Å². The maximum Gasteiger partial charge on any atom is 0.268 e. The Bertz CT molecular complexity index is 1590. The second-order valence-corrected chi connectivity index (χ2v) is 13.9. The highest BCUT2D eigenvalue weighted by Gasteiger charge is 2.30. The second-order valence-electron chi connectivity index (χ2n) is 13.0. The van der Waals surface area contributed by atoms with Gasteiger partial charge in [-0.15, -0.1) is 0 Å². The first-order valence-corrected chi connectivity index (χ1v) is 18.7. The van der Waals surface area contributed by atoms with Gasteiger partial charge in [-0.2, -0.15) is 11.8 Å². The summed E-state index contributed by atoms with van der Waals surface area (Å²) in [6.45, 7) is 5.14. The van der Waals surface area contributed by atoms with E-state index in [2.05, 4.69) is 26.6 Å². The molecule has 0 aromatic heterocycles. The largest absolute Gasteiger partial charge is 0.370 e. The van der Waals surface area contributed by atoms with Gasteiger partial charge in [0.2, 0.25) is 35.4 Å². The third-order valence-electron chi connectivity index (χ3n) is 7.92. The van der Waals surface area contributed by atoms with Crippen molar-refractivity contribution in [3.8, 4) is 0 Å². The maximum atomic E-state index is 13.8. The zero-order chi connectivity index (χ0) is 39.5. The van der Waals surface area contributed by atoms with Crippen molar-refractivity contribution in [2.75, 3.05) is 12.0 Å². The number of benzene rings is 2. The van der Waals surface area contributed by atoms with Gasteiger partial charge in [-0.1, -0.05) is 74.5 Å². The number of hydrogen-bond acceptors (Lipinski definition) is 9. The molecule has 15 nitrogen and oxygen atoms in total. The average molecular weight is 753 g/mol. The van der Waals surface area contributed by atoms with Crippen molar-refractivity contribution in [1.82, 2.24) is 26.6 Å². The lowest BCUT2D eigenvalue weighted by Gasteiger charge is -2.25. The van der Waals surface area contributed by atoms with Crippen molar-refractivity contribution in [2.45, 2.75) is 83.1 Å². The fraction of sp³-hybridized carbons (Fsp3) is 0.432. The number of nitrogens with one attached hydrogen (secondary N) is 5. The molecule has 16 heteroatoms. The molecule has 53 heavy (non-hydrogen) atoms. The minimum atomic E-state index is -1.20. The first-order chi connectivity index (χ1) is 25.1. The number of thioether (sulfide) groups is 1. The minimum Gasteiger partial charge on any atom is -0.370 e. The molecule has 2 rings (SSSR count). The average Bonchev–Trinajstić information content (AvgIpc) is 3.11. The molecule has 0 spiro atoms. The van der Waals surface area contributed by atoms with Gasteiger partial charge in [-0.05, 0) is 61.3 Å². The molecule has 0 aliphatic heterocycles. The molecule has 0 saturated carbocycles. The third kappa shape index (κ3) is 16.3. The molecule has 2 aromatic carbocycles. The zero-order valence-corrected chi connectivity index (χ0v) is 31.4. The van der Waals surface area contributed by atoms with E-state index in [0.717, 1.165) is 0 Å². The van der Waals surface area contributed by atoms with Gasteiger partial charge < -0.3 is 43.8 Å². The lowest BCUT2D eigenvalue weighted by molar-refractivity contribution is -0.133. The van der Waals surface area contributed by atoms with E-state index >= 15 is 0 Å². The lowest BCUT2D eigenvalue weighted by atomic mass is 10.0. The SMILES string of the molecule is CSCC[C@H](NC(=O)[C@H](CC(C)C)NC(=O)[C@H](C)NC(=O)/C(=C\c1ccccc1)NC(=O)[C@H](Cc1ccccc1)NC(=O)[C@@H](N)CCC(N)=O)C(N)=O. The first kappa shape index (κ1) is 43.9. The summed E-state index contributed by atoms with van der Waals surface area (Å²) in [5, 5.41) is 13.1. The number of rotatable bonds is 22. The molecular weight excluding hydrogens is 701 g/mol. The van der Waals surface area contributed by atoms with Gasteiger partial charge in [0.25, 0.3) is 5.91 Å². The lowest BCUT2D eigenvalue weighted by Crippen LogP contribution is -2.56. The number of amides is 7. The van der Waals surface area contributed by atoms with E-state index < -0.39 is 71.6 Å². The molecule has 11 N–H and O–H groups in total. The Kier molecular flexibility index (Phi) is 18.8. The summed E-state index contributed by atoms with van der Waals surface area (Å²) in [6.07, 6.45) is 3.69. The zero-order valence-electron chi connectivity index (χ0n) is 30.6. The molecule has 0 aliphatic rings. The molecule has 0 saturated heterocycles. The predicted octanol–water partition coefficient (Wildman–Crippen LogP) is 0.223. The van der Waals surface area contributed by atoms with E-state index in [1.54, 1.807) is 60.7 Å². The van der Waals surface area contributed by atoms with Crippen molar-refractivity contribution in [2.24, 2.45) is 23.1 Å². The van der Waals surface area contributed by atoms with E-state index in [9.17, 15) is 33.6 Å². The molecule has 2 aromatic rings. The Hall–Kier alpha value is -5.22. The molecule has 0 radical (unpaired) electrons. The van der Waals surface area contributed by atoms with Gasteiger partial charge in [0.05, 0.1) is 6.04 Å². The summed E-state index contributed by atoms with van der Waals surface area (Å²) in [5.74, 6) is -4.33. The van der Waals surface area contributed by atoms with E-state index in [0.29, 0.717) is 23.3 Å². The summed E-state index contributed by atoms with van der Waals surface area (Å²) in [6, 6.07) is 12.0. The summed E-state index contributed by atoms with van der Waals surface area (Å²) < 4.78 is 0. The number of carbonyl (C=O) groups excluding carboxylic acids is 7. The highest BCUT2D eigenvalue weighted by molar-refractivity contribution is 7.98. The number of nitrogens with two attached hydrogens (primary N) is 3. The Morgan fingerprint density at radius 2 is 1.30 bits per heavy atom. The van der Waals surface area contributed by atoms with Crippen LogP contribution in [0, 0.1) is 5.92 Å². The van der Waals surface area contributed by atoms with Crippen LogP contribution < -0.4 is 43.8 Å². The van der Waals surface area contributed by atoms with Gasteiger partial charge >= 0.3 is 0 Å². The number of carbonyl (C=O) groups is 7. The quantitative estimate of drug-likeness (QED) is 0.0765. The highest BCUT2D eigenvalue weighted by Crippen LogP contribution is 2.11. The number of primary amides is 2. The summed E-state index contributed by atoms with van der Waals surface area (Å²) in [7, 11) is 0. The van der Waals surface area contributed by atoms with Crippen LogP contribution in [-0.2, 0) is 40.0 Å². The van der Waals surface area contributed by atoms with E-state index in [-0.39, 0.29) is 37.3 Å². The minimum absolute atomic E-state index is 0.0215. The Morgan fingerprint density at radius 1 is 0.717 bits per heavy atom. The molecule has 0 bridgehead atoms. The Morgan fingerprint density at radius 3 is 1.87 bits per heavy atom. The van der Waals surface area contributed by atoms with Gasteiger partial charge in [-0.25, -0.2) is 0 Å².